The minimum absolute atomic E-state index is 0.595. The fourth-order valence-corrected chi connectivity index (χ4v) is 7.31. The van der Waals surface area contributed by atoms with E-state index in [1.807, 2.05) is 42.5 Å². The molecule has 0 bridgehead atoms. The third kappa shape index (κ3) is 5.54. The lowest BCUT2D eigenvalue weighted by atomic mass is 9.99. The van der Waals surface area contributed by atoms with E-state index in [1.54, 1.807) is 0 Å². The third-order valence-corrected chi connectivity index (χ3v) is 9.93. The van der Waals surface area contributed by atoms with Crippen molar-refractivity contribution < 1.29 is 8.83 Å². The number of para-hydroxylation sites is 2. The minimum atomic E-state index is 0.595. The molecule has 0 amide bonds. The predicted molar refractivity (Wildman–Crippen MR) is 218 cm³/mol. The Morgan fingerprint density at radius 3 is 1.60 bits per heavy atom. The van der Waals surface area contributed by atoms with Gasteiger partial charge in [0.1, 0.15) is 11.1 Å². The van der Waals surface area contributed by atoms with Crippen molar-refractivity contribution in [1.82, 2.24) is 4.98 Å². The van der Waals surface area contributed by atoms with Crippen LogP contribution in [0.5, 0.6) is 0 Å². The molecule has 0 saturated carbocycles. The van der Waals surface area contributed by atoms with Gasteiger partial charge in [0.15, 0.2) is 11.2 Å². The number of nitrogens with zero attached hydrogens (tertiary/aromatic N) is 2. The summed E-state index contributed by atoms with van der Waals surface area (Å²) in [6.07, 6.45) is 0. The Balaban J connectivity index is 1.11. The number of rotatable bonds is 7. The summed E-state index contributed by atoms with van der Waals surface area (Å²) in [6.45, 7) is 0. The number of fused-ring (bicyclic) bond motifs is 4. The van der Waals surface area contributed by atoms with E-state index in [0.717, 1.165) is 66.8 Å². The van der Waals surface area contributed by atoms with Gasteiger partial charge >= 0.3 is 0 Å². The zero-order valence-electron chi connectivity index (χ0n) is 28.7. The summed E-state index contributed by atoms with van der Waals surface area (Å²) >= 11 is 0. The molecule has 10 rings (SSSR count). The van der Waals surface area contributed by atoms with Crippen molar-refractivity contribution in [3.05, 3.63) is 194 Å². The van der Waals surface area contributed by atoms with Crippen LogP contribution in [0.4, 0.5) is 17.1 Å². The summed E-state index contributed by atoms with van der Waals surface area (Å²) in [5.74, 6) is 0.595. The maximum absolute atomic E-state index is 6.79. The molecule has 10 aromatic rings. The van der Waals surface area contributed by atoms with Crippen LogP contribution in [0.25, 0.3) is 77.9 Å². The Bertz CT molecular complexity index is 2860. The number of hydrogen-bond donors (Lipinski definition) is 0. The Labute approximate surface area is 306 Å². The molecule has 0 N–H and O–H groups in total. The lowest BCUT2D eigenvalue weighted by molar-refractivity contribution is 0.617. The molecule has 0 spiro atoms. The Kier molecular flexibility index (Phi) is 7.43. The standard InChI is InChI=1S/C49H32N2O2/c1-4-13-33(14-5-1)34-23-25-35(26-24-34)36-27-29-39(30-28-36)51(44-21-11-10-19-40(44)37-15-6-2-7-16-37)45-22-12-20-41-42-31-43-47(32-46(42)52-48(41)45)53-49(50-43)38-17-8-3-9-18-38/h1-32H. The average molecular weight is 681 g/mol. The first-order valence-electron chi connectivity index (χ1n) is 17.8. The highest BCUT2D eigenvalue weighted by Gasteiger charge is 2.23. The van der Waals surface area contributed by atoms with E-state index in [9.17, 15) is 0 Å². The summed E-state index contributed by atoms with van der Waals surface area (Å²) < 4.78 is 13.0. The smallest absolute Gasteiger partial charge is 0.227 e. The number of anilines is 3. The van der Waals surface area contributed by atoms with Crippen molar-refractivity contribution in [3.8, 4) is 44.8 Å². The first-order valence-corrected chi connectivity index (χ1v) is 17.8. The second kappa shape index (κ2) is 12.9. The first-order chi connectivity index (χ1) is 26.3. The van der Waals surface area contributed by atoms with Gasteiger partial charge in [0.2, 0.25) is 5.89 Å². The van der Waals surface area contributed by atoms with Gasteiger partial charge in [-0.3, -0.25) is 0 Å². The van der Waals surface area contributed by atoms with E-state index in [4.69, 9.17) is 13.8 Å². The summed E-state index contributed by atoms with van der Waals surface area (Å²) in [5, 5.41) is 2.01. The fraction of sp³-hybridized carbons (Fsp3) is 0. The summed E-state index contributed by atoms with van der Waals surface area (Å²) in [6, 6.07) is 67.6. The van der Waals surface area contributed by atoms with Crippen LogP contribution in [-0.4, -0.2) is 4.98 Å². The molecule has 53 heavy (non-hydrogen) atoms. The molecule has 0 unspecified atom stereocenters. The van der Waals surface area contributed by atoms with Crippen molar-refractivity contribution in [1.29, 1.82) is 0 Å². The molecular formula is C49H32N2O2. The molecule has 2 heterocycles. The predicted octanol–water partition coefficient (Wildman–Crippen LogP) is 13.9. The highest BCUT2D eigenvalue weighted by molar-refractivity contribution is 6.13. The summed E-state index contributed by atoms with van der Waals surface area (Å²) in [5.41, 5.74) is 14.0. The summed E-state index contributed by atoms with van der Waals surface area (Å²) in [4.78, 5) is 7.16. The largest absolute Gasteiger partial charge is 0.454 e. The van der Waals surface area contributed by atoms with Gasteiger partial charge < -0.3 is 13.7 Å². The van der Waals surface area contributed by atoms with Crippen molar-refractivity contribution in [3.63, 3.8) is 0 Å². The molecule has 0 aliphatic carbocycles. The van der Waals surface area contributed by atoms with E-state index in [0.29, 0.717) is 11.5 Å². The molecule has 4 heteroatoms. The van der Waals surface area contributed by atoms with Crippen LogP contribution < -0.4 is 4.90 Å². The van der Waals surface area contributed by atoms with Crippen LogP contribution in [0.3, 0.4) is 0 Å². The molecule has 0 aliphatic rings. The van der Waals surface area contributed by atoms with Gasteiger partial charge in [0.25, 0.3) is 0 Å². The zero-order valence-corrected chi connectivity index (χ0v) is 28.7. The average Bonchev–Trinajstić information content (AvgIpc) is 3.83. The number of aromatic nitrogens is 1. The van der Waals surface area contributed by atoms with Crippen LogP contribution in [0, 0.1) is 0 Å². The second-order valence-corrected chi connectivity index (χ2v) is 13.2. The van der Waals surface area contributed by atoms with Crippen molar-refractivity contribution in [2.24, 2.45) is 0 Å². The summed E-state index contributed by atoms with van der Waals surface area (Å²) in [7, 11) is 0. The molecule has 0 fully saturated rings. The number of furan rings is 1. The monoisotopic (exact) mass is 680 g/mol. The van der Waals surface area contributed by atoms with Gasteiger partial charge in [-0.15, -0.1) is 0 Å². The molecule has 0 radical (unpaired) electrons. The molecule has 250 valence electrons. The molecule has 0 saturated heterocycles. The zero-order chi connectivity index (χ0) is 35.1. The fourth-order valence-electron chi connectivity index (χ4n) is 7.31. The maximum atomic E-state index is 6.79. The number of benzene rings is 8. The minimum Gasteiger partial charge on any atom is -0.454 e. The van der Waals surface area contributed by atoms with Crippen molar-refractivity contribution in [2.75, 3.05) is 4.90 Å². The SMILES string of the molecule is c1ccc(-c2ccc(-c3ccc(N(c4ccccc4-c4ccccc4)c4cccc5c4oc4cc6oc(-c7ccccc7)nc6cc45)cc3)cc2)cc1. The van der Waals surface area contributed by atoms with E-state index >= 15 is 0 Å². The Morgan fingerprint density at radius 2 is 0.925 bits per heavy atom. The number of oxazole rings is 1. The van der Waals surface area contributed by atoms with Crippen LogP contribution in [0.15, 0.2) is 203 Å². The van der Waals surface area contributed by atoms with Gasteiger partial charge in [0.05, 0.1) is 11.4 Å². The van der Waals surface area contributed by atoms with Gasteiger partial charge in [-0.2, -0.15) is 0 Å². The highest BCUT2D eigenvalue weighted by atomic mass is 16.4. The molecule has 2 aromatic heterocycles. The van der Waals surface area contributed by atoms with Crippen molar-refractivity contribution >= 4 is 50.1 Å². The maximum Gasteiger partial charge on any atom is 0.227 e. The molecule has 0 aliphatic heterocycles. The van der Waals surface area contributed by atoms with Gasteiger partial charge in [-0.1, -0.05) is 146 Å². The Hall–Kier alpha value is -7.17. The highest BCUT2D eigenvalue weighted by Crippen LogP contribution is 2.46. The lowest BCUT2D eigenvalue weighted by Crippen LogP contribution is -2.11. The molecule has 0 atom stereocenters. The van der Waals surface area contributed by atoms with E-state index in [1.165, 1.54) is 16.7 Å². The lowest BCUT2D eigenvalue weighted by Gasteiger charge is -2.28. The third-order valence-electron chi connectivity index (χ3n) is 9.93. The normalized spacial score (nSPS) is 11.4. The van der Waals surface area contributed by atoms with Crippen LogP contribution >= 0.6 is 0 Å². The van der Waals surface area contributed by atoms with Crippen LogP contribution in [0.1, 0.15) is 0 Å². The van der Waals surface area contributed by atoms with E-state index < -0.39 is 0 Å². The molecule has 8 aromatic carbocycles. The molecular weight excluding hydrogens is 649 g/mol. The topological polar surface area (TPSA) is 42.4 Å². The van der Waals surface area contributed by atoms with Gasteiger partial charge in [0, 0.05) is 33.7 Å². The van der Waals surface area contributed by atoms with E-state index in [2.05, 4.69) is 157 Å². The second-order valence-electron chi connectivity index (χ2n) is 13.2. The van der Waals surface area contributed by atoms with Gasteiger partial charge in [-0.05, 0) is 70.3 Å². The first kappa shape index (κ1) is 30.6. The molecule has 4 nitrogen and oxygen atoms in total. The number of hydrogen-bond acceptors (Lipinski definition) is 4. The van der Waals surface area contributed by atoms with Crippen LogP contribution in [-0.2, 0) is 0 Å². The van der Waals surface area contributed by atoms with Gasteiger partial charge in [-0.25, -0.2) is 4.98 Å². The Morgan fingerprint density at radius 1 is 0.377 bits per heavy atom. The van der Waals surface area contributed by atoms with E-state index in [-0.39, 0.29) is 0 Å². The van der Waals surface area contributed by atoms with Crippen molar-refractivity contribution in [2.45, 2.75) is 0 Å². The quantitative estimate of drug-likeness (QED) is 0.168. The van der Waals surface area contributed by atoms with Crippen LogP contribution in [0.2, 0.25) is 0 Å².